The number of carbonyl (C=O) groups excluding carboxylic acids is 2. The van der Waals surface area contributed by atoms with E-state index < -0.39 is 0 Å². The first-order chi connectivity index (χ1) is 14.4. The molecule has 0 saturated carbocycles. The second-order valence-electron chi connectivity index (χ2n) is 6.74. The lowest BCUT2D eigenvalue weighted by molar-refractivity contribution is 0.0827. The van der Waals surface area contributed by atoms with Crippen LogP contribution in [0.1, 0.15) is 26.4 Å². The molecule has 9 heteroatoms. The zero-order chi connectivity index (χ0) is 21.7. The molecule has 0 aliphatic rings. The van der Waals surface area contributed by atoms with E-state index in [0.29, 0.717) is 28.6 Å². The van der Waals surface area contributed by atoms with Gasteiger partial charge in [-0.25, -0.2) is 15.0 Å². The molecule has 154 valence electrons. The molecule has 0 unspecified atom stereocenters. The third-order valence-electron chi connectivity index (χ3n) is 4.30. The van der Waals surface area contributed by atoms with Gasteiger partial charge in [0.05, 0.1) is 11.3 Å². The Morgan fingerprint density at radius 1 is 0.933 bits per heavy atom. The minimum absolute atomic E-state index is 0.114. The van der Waals surface area contributed by atoms with Crippen LogP contribution in [0.3, 0.4) is 0 Å². The quantitative estimate of drug-likeness (QED) is 0.578. The van der Waals surface area contributed by atoms with Crippen LogP contribution < -0.4 is 16.0 Å². The highest BCUT2D eigenvalue weighted by molar-refractivity contribution is 5.98. The molecule has 9 nitrogen and oxygen atoms in total. The van der Waals surface area contributed by atoms with Crippen molar-refractivity contribution in [3.05, 3.63) is 65.7 Å². The van der Waals surface area contributed by atoms with Crippen LogP contribution in [0.5, 0.6) is 0 Å². The molecule has 3 rings (SSSR count). The molecule has 3 aromatic heterocycles. The number of nitrogens with zero attached hydrogens (tertiary/aromatic N) is 4. The number of amides is 2. The van der Waals surface area contributed by atoms with Crippen LogP contribution >= 0.6 is 0 Å². The number of pyridine rings is 3. The minimum atomic E-state index is -0.278. The standard InChI is InChI=1S/C21H23N7O2/c1-13-11-24-18(27-17-8-7-14(12-25-17)21(30)28(3)4)10-16(13)26-15-6-5-9-23-19(15)20(29)22-2/h5-12H,1-4H3,(H,22,29)(H2,24,25,26,27). The van der Waals surface area contributed by atoms with Crippen molar-refractivity contribution in [2.45, 2.75) is 6.92 Å². The predicted octanol–water partition coefficient (Wildman–Crippen LogP) is 2.73. The van der Waals surface area contributed by atoms with Gasteiger partial charge >= 0.3 is 0 Å². The highest BCUT2D eigenvalue weighted by Gasteiger charge is 2.13. The summed E-state index contributed by atoms with van der Waals surface area (Å²) in [6.45, 7) is 1.91. The molecule has 0 bridgehead atoms. The van der Waals surface area contributed by atoms with E-state index >= 15 is 0 Å². The molecule has 0 radical (unpaired) electrons. The fourth-order valence-corrected chi connectivity index (χ4v) is 2.66. The molecule has 0 aliphatic heterocycles. The maximum Gasteiger partial charge on any atom is 0.271 e. The summed E-state index contributed by atoms with van der Waals surface area (Å²) in [5, 5.41) is 8.95. The topological polar surface area (TPSA) is 112 Å². The maximum atomic E-state index is 12.1. The molecular formula is C21H23N7O2. The summed E-state index contributed by atoms with van der Waals surface area (Å²) in [5.41, 5.74) is 3.05. The van der Waals surface area contributed by atoms with E-state index in [4.69, 9.17) is 0 Å². The van der Waals surface area contributed by atoms with Crippen LogP contribution in [0.4, 0.5) is 23.0 Å². The fraction of sp³-hybridized carbons (Fsp3) is 0.190. The minimum Gasteiger partial charge on any atom is -0.354 e. The molecule has 3 N–H and O–H groups in total. The van der Waals surface area contributed by atoms with E-state index in [2.05, 4.69) is 30.9 Å². The highest BCUT2D eigenvalue weighted by atomic mass is 16.2. The van der Waals surface area contributed by atoms with Crippen molar-refractivity contribution in [3.63, 3.8) is 0 Å². The van der Waals surface area contributed by atoms with Gasteiger partial charge in [0.25, 0.3) is 11.8 Å². The van der Waals surface area contributed by atoms with E-state index in [0.717, 1.165) is 11.3 Å². The molecule has 30 heavy (non-hydrogen) atoms. The molecular weight excluding hydrogens is 382 g/mol. The summed E-state index contributed by atoms with van der Waals surface area (Å²) in [6, 6.07) is 8.78. The lowest BCUT2D eigenvalue weighted by Gasteiger charge is -2.14. The molecule has 2 amide bonds. The van der Waals surface area contributed by atoms with Crippen molar-refractivity contribution < 1.29 is 9.59 Å². The molecule has 3 aromatic rings. The summed E-state index contributed by atoms with van der Waals surface area (Å²) in [7, 11) is 4.94. The van der Waals surface area contributed by atoms with Gasteiger partial charge in [0, 0.05) is 51.5 Å². The number of aromatic nitrogens is 3. The summed E-state index contributed by atoms with van der Waals surface area (Å²) in [6.07, 6.45) is 4.80. The molecule has 0 spiro atoms. The first-order valence-corrected chi connectivity index (χ1v) is 9.24. The van der Waals surface area contributed by atoms with Crippen molar-refractivity contribution in [3.8, 4) is 0 Å². The molecule has 0 atom stereocenters. The van der Waals surface area contributed by atoms with E-state index in [1.807, 2.05) is 13.0 Å². The number of hydrogen-bond donors (Lipinski definition) is 3. The van der Waals surface area contributed by atoms with Gasteiger partial charge in [-0.15, -0.1) is 0 Å². The van der Waals surface area contributed by atoms with E-state index in [1.54, 1.807) is 57.8 Å². The Kier molecular flexibility index (Phi) is 6.21. The Balaban J connectivity index is 1.81. The lowest BCUT2D eigenvalue weighted by Crippen LogP contribution is -2.21. The summed E-state index contributed by atoms with van der Waals surface area (Å²) in [5.74, 6) is 0.727. The molecule has 3 heterocycles. The van der Waals surface area contributed by atoms with Gasteiger partial charge in [0.15, 0.2) is 5.69 Å². The molecule has 0 saturated heterocycles. The smallest absolute Gasteiger partial charge is 0.271 e. The number of anilines is 4. The van der Waals surface area contributed by atoms with Gasteiger partial charge < -0.3 is 20.9 Å². The van der Waals surface area contributed by atoms with Crippen LogP contribution in [0.25, 0.3) is 0 Å². The maximum absolute atomic E-state index is 12.1. The van der Waals surface area contributed by atoms with Gasteiger partial charge in [-0.05, 0) is 36.8 Å². The van der Waals surface area contributed by atoms with Crippen molar-refractivity contribution in [2.75, 3.05) is 31.8 Å². The van der Waals surface area contributed by atoms with Crippen molar-refractivity contribution >= 4 is 34.8 Å². The average molecular weight is 405 g/mol. The highest BCUT2D eigenvalue weighted by Crippen LogP contribution is 2.25. The number of hydrogen-bond acceptors (Lipinski definition) is 7. The number of carbonyl (C=O) groups is 2. The monoisotopic (exact) mass is 405 g/mol. The average Bonchev–Trinajstić information content (AvgIpc) is 2.76. The number of rotatable bonds is 6. The predicted molar refractivity (Wildman–Crippen MR) is 115 cm³/mol. The third kappa shape index (κ3) is 4.69. The van der Waals surface area contributed by atoms with Crippen LogP contribution in [-0.4, -0.2) is 52.8 Å². The zero-order valence-electron chi connectivity index (χ0n) is 17.2. The summed E-state index contributed by atoms with van der Waals surface area (Å²) >= 11 is 0. The van der Waals surface area contributed by atoms with Gasteiger partial charge in [-0.3, -0.25) is 9.59 Å². The van der Waals surface area contributed by atoms with Crippen LogP contribution in [0, 0.1) is 6.92 Å². The van der Waals surface area contributed by atoms with Gasteiger partial charge in [0.2, 0.25) is 0 Å². The van der Waals surface area contributed by atoms with Crippen LogP contribution in [-0.2, 0) is 0 Å². The van der Waals surface area contributed by atoms with Crippen molar-refractivity contribution in [2.24, 2.45) is 0 Å². The number of aryl methyl sites for hydroxylation is 1. The summed E-state index contributed by atoms with van der Waals surface area (Å²) in [4.78, 5) is 38.3. The first kappa shape index (κ1) is 20.7. The summed E-state index contributed by atoms with van der Waals surface area (Å²) < 4.78 is 0. The van der Waals surface area contributed by atoms with Gasteiger partial charge in [-0.2, -0.15) is 0 Å². The Morgan fingerprint density at radius 2 is 1.70 bits per heavy atom. The number of nitrogens with one attached hydrogen (secondary N) is 3. The van der Waals surface area contributed by atoms with Crippen molar-refractivity contribution in [1.29, 1.82) is 0 Å². The van der Waals surface area contributed by atoms with E-state index in [1.165, 1.54) is 11.1 Å². The Labute approximate surface area is 174 Å². The Morgan fingerprint density at radius 3 is 2.37 bits per heavy atom. The second kappa shape index (κ2) is 8.99. The van der Waals surface area contributed by atoms with Gasteiger partial charge in [-0.1, -0.05) is 0 Å². The molecule has 0 aromatic carbocycles. The second-order valence-corrected chi connectivity index (χ2v) is 6.74. The van der Waals surface area contributed by atoms with E-state index in [-0.39, 0.29) is 11.8 Å². The van der Waals surface area contributed by atoms with Crippen LogP contribution in [0.15, 0.2) is 48.9 Å². The van der Waals surface area contributed by atoms with Gasteiger partial charge in [0.1, 0.15) is 11.6 Å². The van der Waals surface area contributed by atoms with Crippen molar-refractivity contribution in [1.82, 2.24) is 25.2 Å². The lowest BCUT2D eigenvalue weighted by atomic mass is 10.2. The first-order valence-electron chi connectivity index (χ1n) is 9.24. The fourth-order valence-electron chi connectivity index (χ4n) is 2.66. The van der Waals surface area contributed by atoms with E-state index in [9.17, 15) is 9.59 Å². The van der Waals surface area contributed by atoms with Crippen LogP contribution in [0.2, 0.25) is 0 Å². The zero-order valence-corrected chi connectivity index (χ0v) is 17.2. The molecule has 0 fully saturated rings. The normalized spacial score (nSPS) is 10.3. The Bertz CT molecular complexity index is 1070. The largest absolute Gasteiger partial charge is 0.354 e. The third-order valence-corrected chi connectivity index (χ3v) is 4.30. The Hall–Kier alpha value is -4.01. The molecule has 0 aliphatic carbocycles. The SMILES string of the molecule is CNC(=O)c1ncccc1Nc1cc(Nc2ccc(C(=O)N(C)C)cn2)ncc1C.